The fourth-order valence-electron chi connectivity index (χ4n) is 3.18. The van der Waals surface area contributed by atoms with Crippen LogP contribution in [-0.2, 0) is 6.42 Å². The second-order valence-electron chi connectivity index (χ2n) is 6.54. The Hall–Kier alpha value is -1.02. The van der Waals surface area contributed by atoms with E-state index in [2.05, 4.69) is 62.2 Å². The number of fused-ring (bicyclic) bond motifs is 1. The van der Waals surface area contributed by atoms with Crippen molar-refractivity contribution in [1.82, 2.24) is 5.32 Å². The van der Waals surface area contributed by atoms with Gasteiger partial charge in [0, 0.05) is 31.4 Å². The largest absolute Gasteiger partial charge is 0.370 e. The number of nitrogens with one attached hydrogen (secondary N) is 1. The molecule has 2 rings (SSSR count). The van der Waals surface area contributed by atoms with Gasteiger partial charge in [0.05, 0.1) is 0 Å². The summed E-state index contributed by atoms with van der Waals surface area (Å²) in [6.45, 7) is 12.6. The molecule has 1 aliphatic heterocycles. The lowest BCUT2D eigenvalue weighted by atomic mass is 9.81. The van der Waals surface area contributed by atoms with Crippen LogP contribution in [0.1, 0.15) is 46.1 Å². The van der Waals surface area contributed by atoms with E-state index in [9.17, 15) is 0 Å². The van der Waals surface area contributed by atoms with Gasteiger partial charge in [-0.05, 0) is 36.3 Å². The van der Waals surface area contributed by atoms with Gasteiger partial charge in [-0.3, -0.25) is 0 Å². The third-order valence-electron chi connectivity index (χ3n) is 4.89. The van der Waals surface area contributed by atoms with Gasteiger partial charge in [-0.25, -0.2) is 0 Å². The highest BCUT2D eigenvalue weighted by Gasteiger charge is 2.31. The monoisotopic (exact) mass is 274 g/mol. The number of nitrogens with zero attached hydrogens (tertiary/aromatic N) is 1. The minimum atomic E-state index is 0.391. The Kier molecular flexibility index (Phi) is 5.09. The Bertz CT molecular complexity index is 421. The van der Waals surface area contributed by atoms with E-state index in [1.165, 1.54) is 43.6 Å². The van der Waals surface area contributed by atoms with Gasteiger partial charge in [0.2, 0.25) is 0 Å². The fraction of sp³-hybridized carbons (Fsp3) is 0.667. The molecule has 1 aromatic carbocycles. The van der Waals surface area contributed by atoms with Gasteiger partial charge in [-0.2, -0.15) is 0 Å². The first-order valence-electron chi connectivity index (χ1n) is 8.16. The van der Waals surface area contributed by atoms with E-state index in [1.807, 2.05) is 0 Å². The van der Waals surface area contributed by atoms with E-state index in [1.54, 1.807) is 0 Å². The molecule has 112 valence electrons. The van der Waals surface area contributed by atoms with E-state index >= 15 is 0 Å². The summed E-state index contributed by atoms with van der Waals surface area (Å²) in [6.07, 6.45) is 3.68. The molecule has 0 atom stereocenters. The van der Waals surface area contributed by atoms with Crippen LogP contribution < -0.4 is 10.2 Å². The zero-order valence-corrected chi connectivity index (χ0v) is 13.6. The van der Waals surface area contributed by atoms with Crippen molar-refractivity contribution in [2.75, 3.05) is 24.5 Å². The highest BCUT2D eigenvalue weighted by atomic mass is 15.2. The third kappa shape index (κ3) is 3.35. The SMILES string of the molecule is CCC(CC)(CNC(C)C)CN1CCc2ccccc21. The number of benzene rings is 1. The molecule has 1 N–H and O–H groups in total. The molecule has 1 heterocycles. The predicted molar refractivity (Wildman–Crippen MR) is 88.5 cm³/mol. The maximum absolute atomic E-state index is 3.66. The van der Waals surface area contributed by atoms with Crippen molar-refractivity contribution in [2.45, 2.75) is 53.0 Å². The number of hydrogen-bond donors (Lipinski definition) is 1. The molecule has 2 nitrogen and oxygen atoms in total. The highest BCUT2D eigenvalue weighted by Crippen LogP contribution is 2.34. The van der Waals surface area contributed by atoms with Crippen molar-refractivity contribution in [2.24, 2.45) is 5.41 Å². The summed E-state index contributed by atoms with van der Waals surface area (Å²) >= 11 is 0. The maximum Gasteiger partial charge on any atom is 0.0399 e. The van der Waals surface area contributed by atoms with Gasteiger partial charge in [0.15, 0.2) is 0 Å². The van der Waals surface area contributed by atoms with Crippen molar-refractivity contribution in [3.05, 3.63) is 29.8 Å². The number of rotatable bonds is 7. The van der Waals surface area contributed by atoms with Crippen molar-refractivity contribution in [3.63, 3.8) is 0 Å². The van der Waals surface area contributed by atoms with Crippen LogP contribution in [0, 0.1) is 5.41 Å². The summed E-state index contributed by atoms with van der Waals surface area (Å²) in [5, 5.41) is 3.66. The zero-order chi connectivity index (χ0) is 14.6. The number of hydrogen-bond acceptors (Lipinski definition) is 2. The maximum atomic E-state index is 3.66. The summed E-state index contributed by atoms with van der Waals surface area (Å²) in [5.74, 6) is 0. The summed E-state index contributed by atoms with van der Waals surface area (Å²) in [5.41, 5.74) is 3.37. The molecule has 0 bridgehead atoms. The first-order chi connectivity index (χ1) is 9.60. The molecule has 0 saturated heterocycles. The second kappa shape index (κ2) is 6.62. The summed E-state index contributed by atoms with van der Waals surface area (Å²) in [4.78, 5) is 2.60. The van der Waals surface area contributed by atoms with Crippen LogP contribution in [0.2, 0.25) is 0 Å². The second-order valence-corrected chi connectivity index (χ2v) is 6.54. The molecule has 0 saturated carbocycles. The minimum Gasteiger partial charge on any atom is -0.370 e. The zero-order valence-electron chi connectivity index (χ0n) is 13.6. The molecule has 0 spiro atoms. The van der Waals surface area contributed by atoms with E-state index < -0.39 is 0 Å². The van der Waals surface area contributed by atoms with E-state index in [0.717, 1.165) is 6.54 Å². The molecule has 0 unspecified atom stereocenters. The highest BCUT2D eigenvalue weighted by molar-refractivity contribution is 5.57. The Balaban J connectivity index is 2.09. The summed E-state index contributed by atoms with van der Waals surface area (Å²) in [7, 11) is 0. The molecule has 20 heavy (non-hydrogen) atoms. The van der Waals surface area contributed by atoms with Gasteiger partial charge in [-0.15, -0.1) is 0 Å². The molecule has 0 amide bonds. The quantitative estimate of drug-likeness (QED) is 0.812. The van der Waals surface area contributed by atoms with Crippen LogP contribution in [0.5, 0.6) is 0 Å². The molecular weight excluding hydrogens is 244 g/mol. The molecule has 1 aliphatic rings. The Morgan fingerprint density at radius 2 is 1.90 bits per heavy atom. The fourth-order valence-corrected chi connectivity index (χ4v) is 3.18. The van der Waals surface area contributed by atoms with Gasteiger partial charge < -0.3 is 10.2 Å². The lowest BCUT2D eigenvalue weighted by molar-refractivity contribution is 0.246. The standard InChI is InChI=1S/C18H30N2/c1-5-18(6-2,13-19-15(3)4)14-20-12-11-16-9-7-8-10-17(16)20/h7-10,15,19H,5-6,11-14H2,1-4H3. The first kappa shape index (κ1) is 15.4. The van der Waals surface area contributed by atoms with Gasteiger partial charge >= 0.3 is 0 Å². The smallest absolute Gasteiger partial charge is 0.0399 e. The Morgan fingerprint density at radius 1 is 1.20 bits per heavy atom. The Labute approximate surface area is 124 Å². The molecular formula is C18H30N2. The van der Waals surface area contributed by atoms with Crippen LogP contribution in [0.4, 0.5) is 5.69 Å². The molecule has 2 heteroatoms. The van der Waals surface area contributed by atoms with Crippen molar-refractivity contribution < 1.29 is 0 Å². The van der Waals surface area contributed by atoms with Crippen LogP contribution in [-0.4, -0.2) is 25.7 Å². The lowest BCUT2D eigenvalue weighted by Gasteiger charge is -2.37. The van der Waals surface area contributed by atoms with Gasteiger partial charge in [-0.1, -0.05) is 45.9 Å². The van der Waals surface area contributed by atoms with Crippen molar-refractivity contribution >= 4 is 5.69 Å². The van der Waals surface area contributed by atoms with Crippen LogP contribution in [0.3, 0.4) is 0 Å². The van der Waals surface area contributed by atoms with E-state index in [-0.39, 0.29) is 0 Å². The predicted octanol–water partition coefficient (Wildman–Crippen LogP) is 3.85. The van der Waals surface area contributed by atoms with E-state index in [4.69, 9.17) is 0 Å². The van der Waals surface area contributed by atoms with Crippen LogP contribution in [0.25, 0.3) is 0 Å². The normalized spacial score (nSPS) is 14.9. The molecule has 0 aliphatic carbocycles. The number of anilines is 1. The Morgan fingerprint density at radius 3 is 2.55 bits per heavy atom. The molecule has 0 fully saturated rings. The minimum absolute atomic E-state index is 0.391. The van der Waals surface area contributed by atoms with E-state index in [0.29, 0.717) is 11.5 Å². The average Bonchev–Trinajstić information content (AvgIpc) is 2.86. The topological polar surface area (TPSA) is 15.3 Å². The average molecular weight is 274 g/mol. The van der Waals surface area contributed by atoms with Gasteiger partial charge in [0.25, 0.3) is 0 Å². The van der Waals surface area contributed by atoms with Crippen molar-refractivity contribution in [3.8, 4) is 0 Å². The molecule has 0 aromatic heterocycles. The molecule has 0 radical (unpaired) electrons. The van der Waals surface area contributed by atoms with Crippen LogP contribution in [0.15, 0.2) is 24.3 Å². The lowest BCUT2D eigenvalue weighted by Crippen LogP contribution is -2.44. The van der Waals surface area contributed by atoms with Crippen LogP contribution >= 0.6 is 0 Å². The third-order valence-corrected chi connectivity index (χ3v) is 4.89. The van der Waals surface area contributed by atoms with Crippen molar-refractivity contribution in [1.29, 1.82) is 0 Å². The number of para-hydroxylation sites is 1. The summed E-state index contributed by atoms with van der Waals surface area (Å²) in [6, 6.07) is 9.46. The summed E-state index contributed by atoms with van der Waals surface area (Å²) < 4.78 is 0. The van der Waals surface area contributed by atoms with Gasteiger partial charge in [0.1, 0.15) is 0 Å². The molecule has 1 aromatic rings. The first-order valence-corrected chi connectivity index (χ1v) is 8.16.